The van der Waals surface area contributed by atoms with Gasteiger partial charge in [-0.15, -0.1) is 0 Å². The molecule has 1 heterocycles. The van der Waals surface area contributed by atoms with Crippen LogP contribution in [0.1, 0.15) is 44.6 Å². The van der Waals surface area contributed by atoms with Crippen molar-refractivity contribution in [1.82, 2.24) is 4.98 Å². The SMILES string of the molecule is CC(O)(Cc1ccnc2ccccc12)C1CCCCC1. The molecule has 1 aromatic carbocycles. The third-order valence-corrected chi connectivity index (χ3v) is 4.77. The molecule has 20 heavy (non-hydrogen) atoms. The lowest BCUT2D eigenvalue weighted by Gasteiger charge is -2.36. The molecule has 1 N–H and O–H groups in total. The van der Waals surface area contributed by atoms with Gasteiger partial charge < -0.3 is 5.11 Å². The van der Waals surface area contributed by atoms with Crippen LogP contribution in [0.15, 0.2) is 36.5 Å². The lowest BCUT2D eigenvalue weighted by Crippen LogP contribution is -2.38. The molecule has 0 aliphatic heterocycles. The highest BCUT2D eigenvalue weighted by molar-refractivity contribution is 5.81. The molecule has 0 bridgehead atoms. The number of para-hydroxylation sites is 1. The highest BCUT2D eigenvalue weighted by atomic mass is 16.3. The van der Waals surface area contributed by atoms with Gasteiger partial charge in [0.15, 0.2) is 0 Å². The van der Waals surface area contributed by atoms with Crippen LogP contribution >= 0.6 is 0 Å². The predicted molar refractivity (Wildman–Crippen MR) is 82.6 cm³/mol. The van der Waals surface area contributed by atoms with Crippen LogP contribution in [0.5, 0.6) is 0 Å². The molecule has 1 saturated carbocycles. The maximum Gasteiger partial charge on any atom is 0.0704 e. The van der Waals surface area contributed by atoms with E-state index in [1.807, 2.05) is 31.3 Å². The number of aliphatic hydroxyl groups is 1. The number of benzene rings is 1. The molecule has 0 spiro atoms. The van der Waals surface area contributed by atoms with E-state index in [1.54, 1.807) is 0 Å². The second-order valence-corrected chi connectivity index (χ2v) is 6.36. The molecule has 1 aromatic heterocycles. The van der Waals surface area contributed by atoms with E-state index < -0.39 is 5.60 Å². The summed E-state index contributed by atoms with van der Waals surface area (Å²) in [4.78, 5) is 4.40. The Balaban J connectivity index is 1.88. The molecule has 1 atom stereocenters. The fourth-order valence-electron chi connectivity index (χ4n) is 3.56. The van der Waals surface area contributed by atoms with E-state index in [2.05, 4.69) is 17.1 Å². The topological polar surface area (TPSA) is 33.1 Å². The van der Waals surface area contributed by atoms with Gasteiger partial charge in [0, 0.05) is 18.0 Å². The Morgan fingerprint density at radius 3 is 2.70 bits per heavy atom. The molecule has 0 saturated heterocycles. The first-order valence-electron chi connectivity index (χ1n) is 7.72. The molecular formula is C18H23NO. The van der Waals surface area contributed by atoms with Crippen LogP contribution in [0.2, 0.25) is 0 Å². The first kappa shape index (κ1) is 13.6. The summed E-state index contributed by atoms with van der Waals surface area (Å²) in [5, 5.41) is 12.1. The average molecular weight is 269 g/mol. The minimum Gasteiger partial charge on any atom is -0.390 e. The highest BCUT2D eigenvalue weighted by Crippen LogP contribution is 2.35. The van der Waals surface area contributed by atoms with Crippen molar-refractivity contribution in [2.24, 2.45) is 5.92 Å². The number of hydrogen-bond donors (Lipinski definition) is 1. The van der Waals surface area contributed by atoms with Gasteiger partial charge in [0.05, 0.1) is 11.1 Å². The first-order valence-corrected chi connectivity index (χ1v) is 7.72. The number of fused-ring (bicyclic) bond motifs is 1. The largest absolute Gasteiger partial charge is 0.390 e. The van der Waals surface area contributed by atoms with Crippen LogP contribution in [0.3, 0.4) is 0 Å². The molecule has 1 aliphatic rings. The Labute approximate surface area is 120 Å². The van der Waals surface area contributed by atoms with E-state index in [-0.39, 0.29) is 0 Å². The van der Waals surface area contributed by atoms with Crippen LogP contribution in [-0.2, 0) is 6.42 Å². The van der Waals surface area contributed by atoms with E-state index in [0.717, 1.165) is 24.8 Å². The Bertz CT molecular complexity index is 579. The molecule has 1 unspecified atom stereocenters. The minimum atomic E-state index is -0.607. The van der Waals surface area contributed by atoms with E-state index >= 15 is 0 Å². The van der Waals surface area contributed by atoms with Gasteiger partial charge >= 0.3 is 0 Å². The Morgan fingerprint density at radius 2 is 1.90 bits per heavy atom. The van der Waals surface area contributed by atoms with Crippen LogP contribution in [0.25, 0.3) is 10.9 Å². The van der Waals surface area contributed by atoms with Crippen molar-refractivity contribution in [3.63, 3.8) is 0 Å². The fraction of sp³-hybridized carbons (Fsp3) is 0.500. The predicted octanol–water partition coefficient (Wildman–Crippen LogP) is 4.11. The Morgan fingerprint density at radius 1 is 1.15 bits per heavy atom. The standard InChI is InChI=1S/C18H23NO/c1-18(20,15-7-3-2-4-8-15)13-14-11-12-19-17-10-6-5-9-16(14)17/h5-6,9-12,15,20H,2-4,7-8,13H2,1H3. The normalized spacial score (nSPS) is 19.9. The fourth-order valence-corrected chi connectivity index (χ4v) is 3.56. The van der Waals surface area contributed by atoms with Crippen molar-refractivity contribution in [3.05, 3.63) is 42.1 Å². The lowest BCUT2D eigenvalue weighted by molar-refractivity contribution is -0.0157. The highest BCUT2D eigenvalue weighted by Gasteiger charge is 2.33. The number of hydrogen-bond acceptors (Lipinski definition) is 2. The molecule has 0 radical (unpaired) electrons. The molecule has 1 aliphatic carbocycles. The zero-order chi connectivity index (χ0) is 14.0. The summed E-state index contributed by atoms with van der Waals surface area (Å²) in [6.07, 6.45) is 8.75. The third kappa shape index (κ3) is 2.71. The van der Waals surface area contributed by atoms with Crippen LogP contribution in [0.4, 0.5) is 0 Å². The summed E-state index contributed by atoms with van der Waals surface area (Å²) < 4.78 is 0. The third-order valence-electron chi connectivity index (χ3n) is 4.77. The van der Waals surface area contributed by atoms with Crippen molar-refractivity contribution in [1.29, 1.82) is 0 Å². The lowest BCUT2D eigenvalue weighted by atomic mass is 9.75. The van der Waals surface area contributed by atoms with E-state index in [1.165, 1.54) is 30.2 Å². The van der Waals surface area contributed by atoms with Gasteiger partial charge in [0.25, 0.3) is 0 Å². The first-order chi connectivity index (χ1) is 9.67. The molecule has 1 fully saturated rings. The van der Waals surface area contributed by atoms with Crippen LogP contribution in [0, 0.1) is 5.92 Å². The molecule has 0 amide bonds. The summed E-state index contributed by atoms with van der Waals surface area (Å²) in [5.41, 5.74) is 1.63. The Hall–Kier alpha value is -1.41. The van der Waals surface area contributed by atoms with Crippen LogP contribution in [-0.4, -0.2) is 15.7 Å². The van der Waals surface area contributed by atoms with Gasteiger partial charge in [0.1, 0.15) is 0 Å². The van der Waals surface area contributed by atoms with Gasteiger partial charge in [0.2, 0.25) is 0 Å². The number of pyridine rings is 1. The van der Waals surface area contributed by atoms with Crippen molar-refractivity contribution in [2.45, 2.75) is 51.0 Å². The van der Waals surface area contributed by atoms with E-state index in [9.17, 15) is 5.11 Å². The summed E-state index contributed by atoms with van der Waals surface area (Å²) in [7, 11) is 0. The zero-order valence-corrected chi connectivity index (χ0v) is 12.2. The maximum absolute atomic E-state index is 10.9. The van der Waals surface area contributed by atoms with Gasteiger partial charge in [-0.3, -0.25) is 4.98 Å². The Kier molecular flexibility index (Phi) is 3.75. The quantitative estimate of drug-likeness (QED) is 0.909. The maximum atomic E-state index is 10.9. The summed E-state index contributed by atoms with van der Waals surface area (Å²) in [6, 6.07) is 10.3. The molecular weight excluding hydrogens is 246 g/mol. The van der Waals surface area contributed by atoms with Crippen molar-refractivity contribution >= 4 is 10.9 Å². The molecule has 2 heteroatoms. The van der Waals surface area contributed by atoms with Crippen molar-refractivity contribution in [2.75, 3.05) is 0 Å². The van der Waals surface area contributed by atoms with Crippen molar-refractivity contribution in [3.8, 4) is 0 Å². The average Bonchev–Trinajstić information content (AvgIpc) is 2.48. The van der Waals surface area contributed by atoms with Gasteiger partial charge in [-0.1, -0.05) is 37.5 Å². The van der Waals surface area contributed by atoms with Gasteiger partial charge in [-0.05, 0) is 43.4 Å². The second-order valence-electron chi connectivity index (χ2n) is 6.36. The van der Waals surface area contributed by atoms with Crippen molar-refractivity contribution < 1.29 is 5.11 Å². The smallest absolute Gasteiger partial charge is 0.0704 e. The van der Waals surface area contributed by atoms with E-state index in [0.29, 0.717) is 5.92 Å². The number of aromatic nitrogens is 1. The molecule has 106 valence electrons. The molecule has 2 nitrogen and oxygen atoms in total. The number of rotatable bonds is 3. The molecule has 2 aromatic rings. The summed E-state index contributed by atoms with van der Waals surface area (Å²) >= 11 is 0. The monoisotopic (exact) mass is 269 g/mol. The van der Waals surface area contributed by atoms with E-state index in [4.69, 9.17) is 0 Å². The summed E-state index contributed by atoms with van der Waals surface area (Å²) in [5.74, 6) is 0.433. The summed E-state index contributed by atoms with van der Waals surface area (Å²) in [6.45, 7) is 2.01. The van der Waals surface area contributed by atoms with Gasteiger partial charge in [-0.25, -0.2) is 0 Å². The molecule has 3 rings (SSSR count). The minimum absolute atomic E-state index is 0.433. The number of nitrogens with zero attached hydrogens (tertiary/aromatic N) is 1. The second kappa shape index (κ2) is 5.53. The van der Waals surface area contributed by atoms with Gasteiger partial charge in [-0.2, -0.15) is 0 Å². The zero-order valence-electron chi connectivity index (χ0n) is 12.2. The van der Waals surface area contributed by atoms with Crippen LogP contribution < -0.4 is 0 Å².